The Balaban J connectivity index is 0.000000678. The fourth-order valence-corrected chi connectivity index (χ4v) is 9.86. The van der Waals surface area contributed by atoms with Crippen LogP contribution in [-0.4, -0.2) is 102 Å². The predicted octanol–water partition coefficient (Wildman–Crippen LogP) is 6.69. The van der Waals surface area contributed by atoms with Crippen molar-refractivity contribution in [2.24, 2.45) is 5.92 Å². The lowest BCUT2D eigenvalue weighted by atomic mass is 9.69. The first-order valence-electron chi connectivity index (χ1n) is 21.1. The molecule has 3 N–H and O–H groups in total. The number of halogens is 3. The van der Waals surface area contributed by atoms with E-state index in [1.807, 2.05) is 24.3 Å². The van der Waals surface area contributed by atoms with E-state index < -0.39 is 18.2 Å². The minimum absolute atomic E-state index is 0.121. The average molecular weight is 838 g/mol. The van der Waals surface area contributed by atoms with Crippen molar-refractivity contribution in [2.45, 2.75) is 69.1 Å². The maximum Gasteiger partial charge on any atom is 0.490 e. The van der Waals surface area contributed by atoms with Crippen molar-refractivity contribution < 1.29 is 42.6 Å². The Hall–Kier alpha value is -5.89. The molecule has 4 aliphatic heterocycles. The van der Waals surface area contributed by atoms with E-state index in [1.165, 1.54) is 40.8 Å². The monoisotopic (exact) mass is 837 g/mol. The van der Waals surface area contributed by atoms with Crippen molar-refractivity contribution in [1.82, 2.24) is 15.1 Å². The molecule has 5 aliphatic rings. The molecule has 3 atom stereocenters. The number of aliphatic carboxylic acids is 1. The van der Waals surface area contributed by atoms with E-state index in [2.05, 4.69) is 86.7 Å². The molecular weight excluding hydrogens is 788 g/mol. The lowest BCUT2D eigenvalue weighted by molar-refractivity contribution is -0.192. The molecule has 61 heavy (non-hydrogen) atoms. The third kappa shape index (κ3) is 9.24. The Labute approximate surface area is 352 Å². The second-order valence-electron chi connectivity index (χ2n) is 16.8. The van der Waals surface area contributed by atoms with E-state index in [9.17, 15) is 32.7 Å². The zero-order valence-corrected chi connectivity index (χ0v) is 33.8. The molecule has 4 heterocycles. The number of carbonyl (C=O) groups excluding carboxylic acids is 3. The highest BCUT2D eigenvalue weighted by atomic mass is 19.4. The Morgan fingerprint density at radius 2 is 1.39 bits per heavy atom. The van der Waals surface area contributed by atoms with E-state index in [0.29, 0.717) is 36.1 Å². The number of anilines is 2. The first kappa shape index (κ1) is 41.8. The number of piperazine rings is 1. The Morgan fingerprint density at radius 3 is 2.07 bits per heavy atom. The number of alkyl halides is 3. The van der Waals surface area contributed by atoms with Gasteiger partial charge in [-0.25, -0.2) is 4.79 Å². The third-order valence-corrected chi connectivity index (χ3v) is 13.1. The summed E-state index contributed by atoms with van der Waals surface area (Å²) in [6.07, 6.45) is -0.000960. The molecule has 0 saturated carbocycles. The van der Waals surface area contributed by atoms with Gasteiger partial charge in [-0.05, 0) is 114 Å². The standard InChI is InChI=1S/C45H49N5O4.C2HF3O2/c51-37-12-15-39-33(27-37)8-13-38(31-4-2-1-3-5-31)43(39)32-6-9-35(10-7-32)48-20-18-30(19-21-48)28-47-22-24-49(25-23-47)36-11-14-40-34(26-36)29-50(45(40)54)41-16-17-42(52)46-44(41)53;3-2(4,5)1(6)7/h1-7,9-12,14-15,26-27,30,38,41,43,51H,8,13,16-25,28-29H2,(H,46,52,53);(H,6,7)/t38-,41+,43+;/m1./s1. The van der Waals surface area contributed by atoms with Gasteiger partial charge in [-0.3, -0.25) is 24.6 Å². The van der Waals surface area contributed by atoms with Crippen LogP contribution in [0.4, 0.5) is 24.5 Å². The van der Waals surface area contributed by atoms with Crippen molar-refractivity contribution in [3.05, 3.63) is 124 Å². The minimum atomic E-state index is -5.08. The zero-order valence-electron chi connectivity index (χ0n) is 33.8. The molecule has 9 rings (SSSR count). The largest absolute Gasteiger partial charge is 0.508 e. The number of hydrogen-bond donors (Lipinski definition) is 3. The molecule has 0 bridgehead atoms. The molecule has 4 aromatic rings. The number of aromatic hydroxyl groups is 1. The number of rotatable bonds is 7. The van der Waals surface area contributed by atoms with Crippen LogP contribution in [0.1, 0.15) is 82.1 Å². The van der Waals surface area contributed by atoms with Crippen LogP contribution in [0.2, 0.25) is 0 Å². The maximum atomic E-state index is 13.1. The Morgan fingerprint density at radius 1 is 0.721 bits per heavy atom. The van der Waals surface area contributed by atoms with Gasteiger partial charge in [0, 0.05) is 81.6 Å². The molecule has 3 amide bonds. The van der Waals surface area contributed by atoms with Crippen LogP contribution < -0.4 is 15.1 Å². The molecule has 3 saturated heterocycles. The fraction of sp³-hybridized carbons (Fsp3) is 0.404. The summed E-state index contributed by atoms with van der Waals surface area (Å²) in [5.74, 6) is -1.80. The molecule has 320 valence electrons. The van der Waals surface area contributed by atoms with Gasteiger partial charge in [0.2, 0.25) is 11.8 Å². The van der Waals surface area contributed by atoms with Crippen molar-refractivity contribution >= 4 is 35.1 Å². The number of phenols is 1. The minimum Gasteiger partial charge on any atom is -0.508 e. The second kappa shape index (κ2) is 17.6. The van der Waals surface area contributed by atoms with Gasteiger partial charge in [0.1, 0.15) is 11.8 Å². The number of fused-ring (bicyclic) bond motifs is 2. The lowest BCUT2D eigenvalue weighted by Crippen LogP contribution is -2.52. The summed E-state index contributed by atoms with van der Waals surface area (Å²) in [5, 5.41) is 19.7. The van der Waals surface area contributed by atoms with Gasteiger partial charge in [-0.15, -0.1) is 0 Å². The molecule has 3 fully saturated rings. The number of piperidine rings is 2. The molecule has 4 aromatic carbocycles. The predicted molar refractivity (Wildman–Crippen MR) is 224 cm³/mol. The summed E-state index contributed by atoms with van der Waals surface area (Å²) in [6, 6.07) is 31.7. The number of hydrogen-bond acceptors (Lipinski definition) is 8. The molecule has 0 radical (unpaired) electrons. The van der Waals surface area contributed by atoms with E-state index >= 15 is 0 Å². The average Bonchev–Trinajstić information content (AvgIpc) is 3.58. The summed E-state index contributed by atoms with van der Waals surface area (Å²) in [6.45, 7) is 7.64. The van der Waals surface area contributed by atoms with E-state index in [4.69, 9.17) is 9.90 Å². The van der Waals surface area contributed by atoms with E-state index in [-0.39, 0.29) is 30.1 Å². The first-order chi connectivity index (χ1) is 29.3. The quantitative estimate of drug-likeness (QED) is 0.174. The van der Waals surface area contributed by atoms with Gasteiger partial charge < -0.3 is 24.9 Å². The third-order valence-electron chi connectivity index (χ3n) is 13.1. The number of nitrogens with zero attached hydrogens (tertiary/aromatic N) is 4. The highest BCUT2D eigenvalue weighted by molar-refractivity contribution is 6.05. The lowest BCUT2D eigenvalue weighted by Gasteiger charge is -2.40. The molecule has 0 unspecified atom stereocenters. The SMILES string of the molecule is O=C(O)C(F)(F)F.O=C1CC[C@H](N2Cc3cc(N4CCN(CC5CCN(c6ccc([C@@H]7c8ccc(O)cc8CC[C@@H]7c7ccccc7)cc6)CC5)CC4)ccc3C2=O)C(=O)N1. The van der Waals surface area contributed by atoms with Gasteiger partial charge in [-0.2, -0.15) is 13.2 Å². The molecular formula is C47H50F3N5O6. The number of nitrogens with one attached hydrogen (secondary N) is 1. The fourth-order valence-electron chi connectivity index (χ4n) is 9.86. The molecule has 14 heteroatoms. The van der Waals surface area contributed by atoms with Crippen molar-refractivity contribution in [3.63, 3.8) is 0 Å². The van der Waals surface area contributed by atoms with Crippen LogP contribution in [0.3, 0.4) is 0 Å². The molecule has 0 spiro atoms. The van der Waals surface area contributed by atoms with Gasteiger partial charge in [0.05, 0.1) is 0 Å². The van der Waals surface area contributed by atoms with Crippen molar-refractivity contribution in [1.29, 1.82) is 0 Å². The zero-order chi connectivity index (χ0) is 42.8. The topological polar surface area (TPSA) is 134 Å². The highest BCUT2D eigenvalue weighted by Crippen LogP contribution is 2.47. The summed E-state index contributed by atoms with van der Waals surface area (Å²) >= 11 is 0. The summed E-state index contributed by atoms with van der Waals surface area (Å²) in [4.78, 5) is 55.4. The second-order valence-corrected chi connectivity index (χ2v) is 16.8. The number of aryl methyl sites for hydroxylation is 1. The van der Waals surface area contributed by atoms with Gasteiger partial charge in [-0.1, -0.05) is 48.5 Å². The number of imide groups is 1. The van der Waals surface area contributed by atoms with Crippen molar-refractivity contribution in [2.75, 3.05) is 55.6 Å². The number of phenolic OH excluding ortho intramolecular Hbond substituents is 1. The number of benzene rings is 4. The number of amides is 3. The normalized spacial score (nSPS) is 22.2. The molecule has 11 nitrogen and oxygen atoms in total. The van der Waals surface area contributed by atoms with Crippen LogP contribution >= 0.6 is 0 Å². The highest BCUT2D eigenvalue weighted by Gasteiger charge is 2.40. The van der Waals surface area contributed by atoms with Crippen LogP contribution in [0.15, 0.2) is 91.0 Å². The van der Waals surface area contributed by atoms with Crippen LogP contribution in [-0.2, 0) is 27.3 Å². The van der Waals surface area contributed by atoms with E-state index in [1.54, 1.807) is 4.90 Å². The number of carboxylic acid groups (broad SMARTS) is 1. The number of carboxylic acids is 1. The van der Waals surface area contributed by atoms with Crippen LogP contribution in [0.5, 0.6) is 5.75 Å². The van der Waals surface area contributed by atoms with Gasteiger partial charge in [0.15, 0.2) is 0 Å². The smallest absolute Gasteiger partial charge is 0.490 e. The van der Waals surface area contributed by atoms with Gasteiger partial charge >= 0.3 is 12.1 Å². The number of carbonyl (C=O) groups is 4. The molecule has 0 aromatic heterocycles. The molecule has 1 aliphatic carbocycles. The Bertz CT molecular complexity index is 2260. The van der Waals surface area contributed by atoms with E-state index in [0.717, 1.165) is 69.9 Å². The van der Waals surface area contributed by atoms with Crippen LogP contribution in [0.25, 0.3) is 0 Å². The summed E-state index contributed by atoms with van der Waals surface area (Å²) in [7, 11) is 0. The van der Waals surface area contributed by atoms with Crippen molar-refractivity contribution in [3.8, 4) is 5.75 Å². The van der Waals surface area contributed by atoms with Gasteiger partial charge in [0.25, 0.3) is 5.91 Å². The van der Waals surface area contributed by atoms with Crippen LogP contribution in [0, 0.1) is 5.92 Å². The first-order valence-corrected chi connectivity index (χ1v) is 21.1. The Kier molecular flexibility index (Phi) is 12.1. The summed E-state index contributed by atoms with van der Waals surface area (Å²) < 4.78 is 31.7. The summed E-state index contributed by atoms with van der Waals surface area (Å²) in [5.41, 5.74) is 9.39. The maximum absolute atomic E-state index is 13.1.